The van der Waals surface area contributed by atoms with Crippen LogP contribution >= 0.6 is 0 Å². The van der Waals surface area contributed by atoms with Crippen LogP contribution in [-0.2, 0) is 9.63 Å². The zero-order chi connectivity index (χ0) is 10.1. The van der Waals surface area contributed by atoms with Crippen molar-refractivity contribution in [3.63, 3.8) is 0 Å². The topological polar surface area (TPSA) is 58.9 Å². The average molecular weight is 185 g/mol. The zero-order valence-electron chi connectivity index (χ0n) is 8.20. The lowest BCUT2D eigenvalue weighted by Gasteiger charge is -2.15. The third-order valence-corrected chi connectivity index (χ3v) is 2.62. The standard InChI is InChI=1S/C9H15NO3/c1-6-4-9(2,8(11)12)5-7(6)10-13-3/h6H,4-5H2,1-3H3,(H,11,12)/b10-7-/t6-,9-/m1/s1. The highest BCUT2D eigenvalue weighted by Crippen LogP contribution is 2.39. The van der Waals surface area contributed by atoms with E-state index in [1.807, 2.05) is 6.92 Å². The number of oxime groups is 1. The molecule has 0 spiro atoms. The first-order valence-electron chi connectivity index (χ1n) is 4.33. The fourth-order valence-corrected chi connectivity index (χ4v) is 1.84. The Labute approximate surface area is 77.6 Å². The predicted octanol–water partition coefficient (Wildman–Crippen LogP) is 1.51. The Kier molecular flexibility index (Phi) is 2.59. The summed E-state index contributed by atoms with van der Waals surface area (Å²) in [4.78, 5) is 15.6. The lowest BCUT2D eigenvalue weighted by Crippen LogP contribution is -2.24. The summed E-state index contributed by atoms with van der Waals surface area (Å²) in [5.41, 5.74) is 0.198. The zero-order valence-corrected chi connectivity index (χ0v) is 8.20. The van der Waals surface area contributed by atoms with E-state index in [0.29, 0.717) is 12.8 Å². The smallest absolute Gasteiger partial charge is 0.309 e. The van der Waals surface area contributed by atoms with E-state index in [9.17, 15) is 4.79 Å². The molecule has 0 aromatic carbocycles. The summed E-state index contributed by atoms with van der Waals surface area (Å²) in [6, 6.07) is 0. The molecular formula is C9H15NO3. The molecule has 1 saturated carbocycles. The molecule has 1 N–H and O–H groups in total. The molecule has 1 fully saturated rings. The van der Waals surface area contributed by atoms with E-state index in [0.717, 1.165) is 5.71 Å². The second-order valence-corrected chi connectivity index (χ2v) is 3.91. The number of carboxylic acids is 1. The lowest BCUT2D eigenvalue weighted by atomic mass is 9.88. The summed E-state index contributed by atoms with van der Waals surface area (Å²) in [7, 11) is 1.48. The maximum Gasteiger partial charge on any atom is 0.309 e. The Morgan fingerprint density at radius 1 is 1.77 bits per heavy atom. The fraction of sp³-hybridized carbons (Fsp3) is 0.778. The average Bonchev–Trinajstić information content (AvgIpc) is 2.29. The quantitative estimate of drug-likeness (QED) is 0.663. The number of aliphatic carboxylic acids is 1. The van der Waals surface area contributed by atoms with Crippen LogP contribution in [-0.4, -0.2) is 23.9 Å². The van der Waals surface area contributed by atoms with Gasteiger partial charge in [-0.1, -0.05) is 12.1 Å². The Balaban J connectivity index is 2.81. The minimum Gasteiger partial charge on any atom is -0.481 e. The molecule has 1 aliphatic carbocycles. The Hall–Kier alpha value is -1.06. The van der Waals surface area contributed by atoms with Gasteiger partial charge < -0.3 is 9.94 Å². The van der Waals surface area contributed by atoms with Crippen molar-refractivity contribution in [2.75, 3.05) is 7.11 Å². The highest BCUT2D eigenvalue weighted by atomic mass is 16.6. The third kappa shape index (κ3) is 1.82. The number of hydrogen-bond donors (Lipinski definition) is 1. The third-order valence-electron chi connectivity index (χ3n) is 2.62. The van der Waals surface area contributed by atoms with Crippen LogP contribution in [0.25, 0.3) is 0 Å². The SMILES string of the molecule is CO/N=C1/C[C@](C)(C(=O)O)C[C@H]1C. The molecule has 0 saturated heterocycles. The van der Waals surface area contributed by atoms with E-state index in [2.05, 4.69) is 9.99 Å². The van der Waals surface area contributed by atoms with Gasteiger partial charge in [0.25, 0.3) is 0 Å². The van der Waals surface area contributed by atoms with Gasteiger partial charge in [-0.3, -0.25) is 4.79 Å². The van der Waals surface area contributed by atoms with Gasteiger partial charge in [0.2, 0.25) is 0 Å². The van der Waals surface area contributed by atoms with Crippen LogP contribution in [0.15, 0.2) is 5.16 Å². The Morgan fingerprint density at radius 2 is 2.38 bits per heavy atom. The van der Waals surface area contributed by atoms with Crippen LogP contribution in [0.5, 0.6) is 0 Å². The minimum atomic E-state index is -0.749. The van der Waals surface area contributed by atoms with Crippen LogP contribution in [0, 0.1) is 11.3 Å². The summed E-state index contributed by atoms with van der Waals surface area (Å²) in [5.74, 6) is -0.540. The van der Waals surface area contributed by atoms with Crippen molar-refractivity contribution in [1.29, 1.82) is 0 Å². The van der Waals surface area contributed by atoms with Gasteiger partial charge in [0.05, 0.1) is 11.1 Å². The minimum absolute atomic E-state index is 0.209. The molecule has 74 valence electrons. The van der Waals surface area contributed by atoms with Crippen LogP contribution in [0.1, 0.15) is 26.7 Å². The summed E-state index contributed by atoms with van der Waals surface area (Å²) < 4.78 is 0. The molecule has 1 rings (SSSR count). The number of nitrogens with zero attached hydrogens (tertiary/aromatic N) is 1. The van der Waals surface area contributed by atoms with Crippen LogP contribution in [0.2, 0.25) is 0 Å². The normalized spacial score (nSPS) is 36.5. The molecule has 2 atom stereocenters. The molecule has 13 heavy (non-hydrogen) atoms. The number of hydrogen-bond acceptors (Lipinski definition) is 3. The van der Waals surface area contributed by atoms with Crippen LogP contribution in [0.3, 0.4) is 0 Å². The lowest BCUT2D eigenvalue weighted by molar-refractivity contribution is -0.147. The van der Waals surface area contributed by atoms with E-state index in [4.69, 9.17) is 5.11 Å². The van der Waals surface area contributed by atoms with Crippen molar-refractivity contribution in [3.8, 4) is 0 Å². The van der Waals surface area contributed by atoms with Gasteiger partial charge in [0.15, 0.2) is 0 Å². The number of carboxylic acid groups (broad SMARTS) is 1. The van der Waals surface area contributed by atoms with E-state index >= 15 is 0 Å². The second kappa shape index (κ2) is 3.36. The van der Waals surface area contributed by atoms with Crippen molar-refractivity contribution in [2.24, 2.45) is 16.5 Å². The molecule has 0 unspecified atom stereocenters. The molecule has 0 aliphatic heterocycles. The van der Waals surface area contributed by atoms with Crippen LogP contribution < -0.4 is 0 Å². The van der Waals surface area contributed by atoms with E-state index < -0.39 is 11.4 Å². The molecule has 0 amide bonds. The molecule has 0 aromatic rings. The van der Waals surface area contributed by atoms with Crippen molar-refractivity contribution in [2.45, 2.75) is 26.7 Å². The molecule has 0 bridgehead atoms. The Bertz CT molecular complexity index is 249. The molecule has 4 heteroatoms. The summed E-state index contributed by atoms with van der Waals surface area (Å²) in [6.07, 6.45) is 1.14. The first-order chi connectivity index (χ1) is 5.99. The molecule has 1 aliphatic rings. The van der Waals surface area contributed by atoms with Crippen LogP contribution in [0.4, 0.5) is 0 Å². The summed E-state index contributed by atoms with van der Waals surface area (Å²) in [6.45, 7) is 3.73. The monoisotopic (exact) mass is 185 g/mol. The highest BCUT2D eigenvalue weighted by Gasteiger charge is 2.43. The largest absolute Gasteiger partial charge is 0.481 e. The summed E-state index contributed by atoms with van der Waals surface area (Å²) in [5, 5.41) is 12.8. The maximum atomic E-state index is 10.9. The van der Waals surface area contributed by atoms with E-state index in [1.165, 1.54) is 7.11 Å². The van der Waals surface area contributed by atoms with Crippen molar-refractivity contribution in [1.82, 2.24) is 0 Å². The molecular weight excluding hydrogens is 170 g/mol. The van der Waals surface area contributed by atoms with Gasteiger partial charge in [-0.2, -0.15) is 0 Å². The fourth-order valence-electron chi connectivity index (χ4n) is 1.84. The maximum absolute atomic E-state index is 10.9. The van der Waals surface area contributed by atoms with Gasteiger partial charge >= 0.3 is 5.97 Å². The first kappa shape index (κ1) is 10.0. The van der Waals surface area contributed by atoms with Gasteiger partial charge in [0.1, 0.15) is 7.11 Å². The molecule has 0 heterocycles. The number of rotatable bonds is 2. The predicted molar refractivity (Wildman–Crippen MR) is 48.6 cm³/mol. The molecule has 4 nitrogen and oxygen atoms in total. The number of carbonyl (C=O) groups is 1. The Morgan fingerprint density at radius 3 is 2.77 bits per heavy atom. The second-order valence-electron chi connectivity index (χ2n) is 3.91. The van der Waals surface area contributed by atoms with Gasteiger partial charge in [-0.25, -0.2) is 0 Å². The van der Waals surface area contributed by atoms with Gasteiger partial charge in [0, 0.05) is 6.42 Å². The van der Waals surface area contributed by atoms with Crippen molar-refractivity contribution in [3.05, 3.63) is 0 Å². The van der Waals surface area contributed by atoms with Crippen molar-refractivity contribution >= 4 is 11.7 Å². The summed E-state index contributed by atoms with van der Waals surface area (Å²) >= 11 is 0. The molecule has 0 aromatic heterocycles. The van der Waals surface area contributed by atoms with Gasteiger partial charge in [-0.15, -0.1) is 0 Å². The highest BCUT2D eigenvalue weighted by molar-refractivity contribution is 5.94. The van der Waals surface area contributed by atoms with Crippen molar-refractivity contribution < 1.29 is 14.7 Å². The molecule has 0 radical (unpaired) electrons. The van der Waals surface area contributed by atoms with E-state index in [1.54, 1.807) is 6.92 Å². The van der Waals surface area contributed by atoms with E-state index in [-0.39, 0.29) is 5.92 Å². The first-order valence-corrected chi connectivity index (χ1v) is 4.33. The van der Waals surface area contributed by atoms with Gasteiger partial charge in [-0.05, 0) is 19.3 Å².